The molecule has 0 radical (unpaired) electrons. The molecule has 3 rings (SSSR count). The van der Waals surface area contributed by atoms with Crippen LogP contribution in [0.3, 0.4) is 0 Å². The highest BCUT2D eigenvalue weighted by molar-refractivity contribution is 5.81. The molecule has 0 aliphatic heterocycles. The molecule has 158 valence electrons. The minimum Gasteiger partial charge on any atom is -0.497 e. The molecule has 1 amide bonds. The van der Waals surface area contributed by atoms with Crippen molar-refractivity contribution in [3.05, 3.63) is 59.5 Å². The van der Waals surface area contributed by atoms with Gasteiger partial charge in [-0.3, -0.25) is 4.79 Å². The maximum Gasteiger partial charge on any atom is 0.263 e. The molecule has 30 heavy (non-hydrogen) atoms. The van der Waals surface area contributed by atoms with Crippen LogP contribution in [-0.2, 0) is 11.3 Å². The largest absolute Gasteiger partial charge is 0.497 e. The molecule has 0 aliphatic carbocycles. The molecule has 0 N–H and O–H groups in total. The smallest absolute Gasteiger partial charge is 0.263 e. The van der Waals surface area contributed by atoms with Gasteiger partial charge in [0.05, 0.1) is 13.7 Å². The summed E-state index contributed by atoms with van der Waals surface area (Å²) in [5.74, 6) is 2.06. The number of carbonyl (C=O) groups is 1. The molecular weight excluding hydrogens is 382 g/mol. The van der Waals surface area contributed by atoms with Crippen LogP contribution in [0.25, 0.3) is 11.4 Å². The van der Waals surface area contributed by atoms with E-state index in [1.54, 1.807) is 19.1 Å². The van der Waals surface area contributed by atoms with Gasteiger partial charge in [-0.05, 0) is 55.7 Å². The Kier molecular flexibility index (Phi) is 6.72. The van der Waals surface area contributed by atoms with Gasteiger partial charge in [0.2, 0.25) is 11.7 Å². The van der Waals surface area contributed by atoms with Crippen molar-refractivity contribution in [2.45, 2.75) is 39.8 Å². The van der Waals surface area contributed by atoms with E-state index in [1.807, 2.05) is 57.2 Å². The lowest BCUT2D eigenvalue weighted by atomic mass is 10.1. The van der Waals surface area contributed by atoms with E-state index >= 15 is 0 Å². The number of methoxy groups -OCH3 is 1. The third-order valence-electron chi connectivity index (χ3n) is 4.66. The number of aromatic nitrogens is 2. The third-order valence-corrected chi connectivity index (χ3v) is 4.66. The van der Waals surface area contributed by atoms with Crippen LogP contribution in [0, 0.1) is 13.8 Å². The molecule has 0 unspecified atom stereocenters. The van der Waals surface area contributed by atoms with E-state index in [9.17, 15) is 4.79 Å². The van der Waals surface area contributed by atoms with Gasteiger partial charge in [-0.25, -0.2) is 0 Å². The van der Waals surface area contributed by atoms with E-state index in [-0.39, 0.29) is 12.5 Å². The Hall–Kier alpha value is -3.35. The normalized spacial score (nSPS) is 11.8. The van der Waals surface area contributed by atoms with E-state index in [0.717, 1.165) is 16.7 Å². The number of ether oxygens (including phenoxy) is 2. The lowest BCUT2D eigenvalue weighted by Crippen LogP contribution is -2.39. The molecule has 0 bridgehead atoms. The maximum absolute atomic E-state index is 12.9. The number of likely N-dealkylation sites (N-methyl/N-ethyl adjacent to an activating group) is 1. The molecule has 1 atom stereocenters. The van der Waals surface area contributed by atoms with Crippen molar-refractivity contribution in [3.8, 4) is 22.9 Å². The van der Waals surface area contributed by atoms with E-state index in [1.165, 1.54) is 0 Å². The van der Waals surface area contributed by atoms with E-state index in [4.69, 9.17) is 14.0 Å². The van der Waals surface area contributed by atoms with Crippen LogP contribution in [0.2, 0.25) is 0 Å². The summed E-state index contributed by atoms with van der Waals surface area (Å²) < 4.78 is 16.5. The minimum absolute atomic E-state index is 0.141. The Morgan fingerprint density at radius 3 is 2.53 bits per heavy atom. The first kappa shape index (κ1) is 21.4. The summed E-state index contributed by atoms with van der Waals surface area (Å²) in [7, 11) is 3.30. The SMILES string of the molecule is CC[C@H](Oc1cc(C)cc(C)c1)C(=O)N(C)Cc1nc(-c2cccc(OC)c2)no1. The molecule has 0 saturated carbocycles. The Morgan fingerprint density at radius 1 is 1.13 bits per heavy atom. The monoisotopic (exact) mass is 409 g/mol. The maximum atomic E-state index is 12.9. The average Bonchev–Trinajstić information content (AvgIpc) is 3.19. The Balaban J connectivity index is 1.67. The van der Waals surface area contributed by atoms with Gasteiger partial charge in [-0.2, -0.15) is 4.98 Å². The molecule has 7 heteroatoms. The lowest BCUT2D eigenvalue weighted by Gasteiger charge is -2.23. The average molecular weight is 409 g/mol. The first-order valence-corrected chi connectivity index (χ1v) is 9.86. The highest BCUT2D eigenvalue weighted by atomic mass is 16.5. The van der Waals surface area contributed by atoms with Crippen LogP contribution in [0.1, 0.15) is 30.4 Å². The van der Waals surface area contributed by atoms with Crippen LogP contribution in [0.5, 0.6) is 11.5 Å². The van der Waals surface area contributed by atoms with Crippen molar-refractivity contribution in [1.82, 2.24) is 15.0 Å². The Labute approximate surface area is 176 Å². The van der Waals surface area contributed by atoms with Crippen molar-refractivity contribution in [3.63, 3.8) is 0 Å². The van der Waals surface area contributed by atoms with Gasteiger partial charge in [-0.1, -0.05) is 30.3 Å². The van der Waals surface area contributed by atoms with Crippen LogP contribution >= 0.6 is 0 Å². The number of hydrogen-bond acceptors (Lipinski definition) is 6. The molecule has 0 aliphatic rings. The molecule has 7 nitrogen and oxygen atoms in total. The topological polar surface area (TPSA) is 77.7 Å². The van der Waals surface area contributed by atoms with Gasteiger partial charge in [0.1, 0.15) is 11.5 Å². The zero-order valence-corrected chi connectivity index (χ0v) is 18.0. The molecule has 2 aromatic carbocycles. The summed E-state index contributed by atoms with van der Waals surface area (Å²) in [6, 6.07) is 13.3. The molecule has 1 heterocycles. The highest BCUT2D eigenvalue weighted by Gasteiger charge is 2.24. The van der Waals surface area contributed by atoms with Gasteiger partial charge in [0.15, 0.2) is 6.10 Å². The van der Waals surface area contributed by atoms with Gasteiger partial charge in [-0.15, -0.1) is 0 Å². The van der Waals surface area contributed by atoms with Crippen molar-refractivity contribution >= 4 is 5.91 Å². The predicted molar refractivity (Wildman–Crippen MR) is 113 cm³/mol. The minimum atomic E-state index is -0.586. The van der Waals surface area contributed by atoms with Gasteiger partial charge < -0.3 is 18.9 Å². The summed E-state index contributed by atoms with van der Waals surface area (Å²) in [5, 5.41) is 4.02. The van der Waals surface area contributed by atoms with Gasteiger partial charge in [0.25, 0.3) is 5.91 Å². The number of aryl methyl sites for hydroxylation is 2. The summed E-state index contributed by atoms with van der Waals surface area (Å²) in [6.45, 7) is 6.13. The van der Waals surface area contributed by atoms with Crippen LogP contribution in [0.4, 0.5) is 0 Å². The second-order valence-corrected chi connectivity index (χ2v) is 7.28. The van der Waals surface area contributed by atoms with Gasteiger partial charge in [0, 0.05) is 12.6 Å². The van der Waals surface area contributed by atoms with Crippen molar-refractivity contribution in [2.24, 2.45) is 0 Å². The van der Waals surface area contributed by atoms with E-state index in [2.05, 4.69) is 16.2 Å². The molecule has 3 aromatic rings. The summed E-state index contributed by atoms with van der Waals surface area (Å²) in [6.07, 6.45) is -0.0355. The second-order valence-electron chi connectivity index (χ2n) is 7.28. The van der Waals surface area contributed by atoms with E-state index < -0.39 is 6.10 Å². The molecule has 0 spiro atoms. The second kappa shape index (κ2) is 9.43. The predicted octanol–water partition coefficient (Wildman–Crippen LogP) is 4.18. The fraction of sp³-hybridized carbons (Fsp3) is 0.348. The van der Waals surface area contributed by atoms with Crippen molar-refractivity contribution in [2.75, 3.05) is 14.2 Å². The molecule has 0 saturated heterocycles. The third kappa shape index (κ3) is 5.17. The van der Waals surface area contributed by atoms with Crippen LogP contribution in [-0.4, -0.2) is 41.2 Å². The number of rotatable bonds is 8. The van der Waals surface area contributed by atoms with Crippen LogP contribution in [0.15, 0.2) is 47.0 Å². The van der Waals surface area contributed by atoms with Crippen molar-refractivity contribution in [1.29, 1.82) is 0 Å². The van der Waals surface area contributed by atoms with Crippen LogP contribution < -0.4 is 9.47 Å². The first-order valence-electron chi connectivity index (χ1n) is 9.86. The summed E-state index contributed by atoms with van der Waals surface area (Å²) in [5.41, 5.74) is 2.97. The molecule has 0 fully saturated rings. The number of carbonyl (C=O) groups excluding carboxylic acids is 1. The summed E-state index contributed by atoms with van der Waals surface area (Å²) >= 11 is 0. The zero-order chi connectivity index (χ0) is 21.7. The standard InChI is InChI=1S/C23H27N3O4/c1-6-20(29-19-11-15(2)10-16(3)12-19)23(27)26(4)14-21-24-22(25-30-21)17-8-7-9-18(13-17)28-5/h7-13,20H,6,14H2,1-5H3/t20-/m0/s1. The number of nitrogens with zero attached hydrogens (tertiary/aromatic N) is 3. The fourth-order valence-corrected chi connectivity index (χ4v) is 3.20. The first-order chi connectivity index (χ1) is 14.4. The molecular formula is C23H27N3O4. The van der Waals surface area contributed by atoms with Gasteiger partial charge >= 0.3 is 0 Å². The molecule has 1 aromatic heterocycles. The van der Waals surface area contributed by atoms with E-state index in [0.29, 0.717) is 29.6 Å². The quantitative estimate of drug-likeness (QED) is 0.555. The number of amides is 1. The van der Waals surface area contributed by atoms with Crippen molar-refractivity contribution < 1.29 is 18.8 Å². The highest BCUT2D eigenvalue weighted by Crippen LogP contribution is 2.22. The number of benzene rings is 2. The Bertz CT molecular complexity index is 995. The fourth-order valence-electron chi connectivity index (χ4n) is 3.20. The lowest BCUT2D eigenvalue weighted by molar-refractivity contribution is -0.138. The Morgan fingerprint density at radius 2 is 1.87 bits per heavy atom. The number of hydrogen-bond donors (Lipinski definition) is 0. The zero-order valence-electron chi connectivity index (χ0n) is 18.0. The summed E-state index contributed by atoms with van der Waals surface area (Å²) in [4.78, 5) is 18.9.